The Morgan fingerprint density at radius 3 is 2.73 bits per heavy atom. The summed E-state index contributed by atoms with van der Waals surface area (Å²) in [6.07, 6.45) is 1.29. The van der Waals surface area contributed by atoms with Crippen LogP contribution in [0.1, 0.15) is 12.8 Å². The van der Waals surface area contributed by atoms with Crippen molar-refractivity contribution in [1.82, 2.24) is 14.5 Å². The van der Waals surface area contributed by atoms with Crippen molar-refractivity contribution in [3.8, 4) is 0 Å². The van der Waals surface area contributed by atoms with E-state index >= 15 is 0 Å². The number of hydrogen-bond donors (Lipinski definition) is 1. The lowest BCUT2D eigenvalue weighted by Gasteiger charge is -2.34. The lowest BCUT2D eigenvalue weighted by atomic mass is 10.1. The first-order valence-electron chi connectivity index (χ1n) is 8.47. The number of thioether (sulfide) groups is 1. The van der Waals surface area contributed by atoms with Crippen LogP contribution in [0.5, 0.6) is 0 Å². The third-order valence-corrected chi connectivity index (χ3v) is 7.66. The highest BCUT2D eigenvalue weighted by atomic mass is 35.5. The molecule has 0 aliphatic carbocycles. The number of halogens is 2. The fourth-order valence-corrected chi connectivity index (χ4v) is 5.88. The van der Waals surface area contributed by atoms with E-state index in [9.17, 15) is 17.6 Å². The van der Waals surface area contributed by atoms with Crippen LogP contribution in [0.4, 0.5) is 9.18 Å². The monoisotopic (exact) mass is 421 g/mol. The second-order valence-electron chi connectivity index (χ2n) is 6.30. The van der Waals surface area contributed by atoms with Crippen molar-refractivity contribution >= 4 is 39.4 Å². The molecule has 2 fully saturated rings. The number of carbonyl (C=O) groups is 1. The summed E-state index contributed by atoms with van der Waals surface area (Å²) in [5, 5.41) is 2.69. The molecule has 0 bridgehead atoms. The summed E-state index contributed by atoms with van der Waals surface area (Å²) in [6, 6.07) is 3.48. The van der Waals surface area contributed by atoms with E-state index in [1.54, 1.807) is 4.90 Å². The van der Waals surface area contributed by atoms with Gasteiger partial charge in [0.05, 0.1) is 5.02 Å². The van der Waals surface area contributed by atoms with Crippen molar-refractivity contribution in [2.45, 2.75) is 23.8 Å². The van der Waals surface area contributed by atoms with Gasteiger partial charge in [-0.15, -0.1) is 0 Å². The number of benzene rings is 1. The number of nitrogens with one attached hydrogen (secondary N) is 1. The molecule has 2 aliphatic heterocycles. The fraction of sp³-hybridized carbons (Fsp3) is 0.562. The van der Waals surface area contributed by atoms with Gasteiger partial charge in [0.1, 0.15) is 4.90 Å². The topological polar surface area (TPSA) is 69.7 Å². The molecule has 2 aliphatic rings. The van der Waals surface area contributed by atoms with E-state index in [1.165, 1.54) is 22.5 Å². The zero-order chi connectivity index (χ0) is 18.7. The Morgan fingerprint density at radius 1 is 1.27 bits per heavy atom. The number of carbonyl (C=O) groups excluding carboxylic acids is 1. The first-order chi connectivity index (χ1) is 12.4. The number of hydrogen-bond acceptors (Lipinski definition) is 4. The molecule has 1 aromatic rings. The van der Waals surface area contributed by atoms with Crippen LogP contribution in [-0.2, 0) is 10.0 Å². The van der Waals surface area contributed by atoms with Crippen LogP contribution in [0, 0.1) is 5.82 Å². The van der Waals surface area contributed by atoms with Crippen molar-refractivity contribution < 1.29 is 17.6 Å². The van der Waals surface area contributed by atoms with Gasteiger partial charge in [0, 0.05) is 43.7 Å². The summed E-state index contributed by atoms with van der Waals surface area (Å²) in [5.41, 5.74) is 0. The Hall–Kier alpha value is -1.03. The van der Waals surface area contributed by atoms with Crippen LogP contribution in [0.25, 0.3) is 0 Å². The zero-order valence-electron chi connectivity index (χ0n) is 14.2. The minimum atomic E-state index is -4.00. The van der Waals surface area contributed by atoms with Crippen molar-refractivity contribution in [3.63, 3.8) is 0 Å². The number of urea groups is 1. The highest BCUT2D eigenvalue weighted by Crippen LogP contribution is 2.26. The molecule has 1 N–H and O–H groups in total. The van der Waals surface area contributed by atoms with E-state index < -0.39 is 20.7 Å². The van der Waals surface area contributed by atoms with E-state index in [4.69, 9.17) is 11.6 Å². The third-order valence-electron chi connectivity index (χ3n) is 4.54. The molecule has 26 heavy (non-hydrogen) atoms. The van der Waals surface area contributed by atoms with E-state index in [0.717, 1.165) is 11.5 Å². The quantitative estimate of drug-likeness (QED) is 0.813. The molecule has 2 amide bonds. The zero-order valence-corrected chi connectivity index (χ0v) is 16.5. The molecule has 0 radical (unpaired) electrons. The van der Waals surface area contributed by atoms with Gasteiger partial charge in [-0.05, 0) is 25.0 Å². The van der Waals surface area contributed by atoms with Crippen LogP contribution < -0.4 is 5.32 Å². The van der Waals surface area contributed by atoms with Gasteiger partial charge in [-0.3, -0.25) is 0 Å². The summed E-state index contributed by atoms with van der Waals surface area (Å²) in [6.45, 7) is 1.81. The molecule has 2 heterocycles. The Labute approximate surface area is 162 Å². The molecule has 1 atom stereocenters. The number of piperidine rings is 1. The molecule has 2 saturated heterocycles. The summed E-state index contributed by atoms with van der Waals surface area (Å²) in [5.74, 6) is 0.880. The molecule has 3 rings (SSSR count). The van der Waals surface area contributed by atoms with Gasteiger partial charge < -0.3 is 10.2 Å². The van der Waals surface area contributed by atoms with Crippen molar-refractivity contribution in [3.05, 3.63) is 29.0 Å². The third kappa shape index (κ3) is 4.27. The second kappa shape index (κ2) is 8.33. The Kier molecular flexibility index (Phi) is 6.32. The summed E-state index contributed by atoms with van der Waals surface area (Å²) >= 11 is 7.53. The maximum atomic E-state index is 14.2. The predicted molar refractivity (Wildman–Crippen MR) is 101 cm³/mol. The SMILES string of the molecule is O=C(N[C@H]1CCCN(S(=O)(=O)c2cccc(Cl)c2F)C1)N1CCSCC1. The van der Waals surface area contributed by atoms with Gasteiger partial charge in [-0.2, -0.15) is 16.1 Å². The maximum Gasteiger partial charge on any atom is 0.317 e. The molecule has 0 saturated carbocycles. The van der Waals surface area contributed by atoms with Crippen LogP contribution in [0.15, 0.2) is 23.1 Å². The fourth-order valence-electron chi connectivity index (χ4n) is 3.13. The highest BCUT2D eigenvalue weighted by Gasteiger charge is 2.33. The number of nitrogens with zero attached hydrogens (tertiary/aromatic N) is 2. The second-order valence-corrected chi connectivity index (χ2v) is 9.84. The summed E-state index contributed by atoms with van der Waals surface area (Å²) in [4.78, 5) is 13.7. The van der Waals surface area contributed by atoms with Gasteiger partial charge >= 0.3 is 6.03 Å². The molecule has 0 unspecified atom stereocenters. The van der Waals surface area contributed by atoms with Gasteiger partial charge in [0.2, 0.25) is 10.0 Å². The Balaban J connectivity index is 1.69. The van der Waals surface area contributed by atoms with Crippen LogP contribution in [0.3, 0.4) is 0 Å². The molecule has 1 aromatic carbocycles. The van der Waals surface area contributed by atoms with Gasteiger partial charge in [-0.1, -0.05) is 17.7 Å². The lowest BCUT2D eigenvalue weighted by Crippen LogP contribution is -2.53. The molecule has 0 spiro atoms. The molecule has 10 heteroatoms. The average molecular weight is 422 g/mol. The van der Waals surface area contributed by atoms with Crippen LogP contribution in [-0.4, -0.2) is 67.4 Å². The van der Waals surface area contributed by atoms with Gasteiger partial charge in [0.15, 0.2) is 5.82 Å². The first-order valence-corrected chi connectivity index (χ1v) is 11.4. The van der Waals surface area contributed by atoms with Crippen molar-refractivity contribution in [1.29, 1.82) is 0 Å². The van der Waals surface area contributed by atoms with Crippen LogP contribution >= 0.6 is 23.4 Å². The van der Waals surface area contributed by atoms with E-state index in [1.807, 2.05) is 11.8 Å². The van der Waals surface area contributed by atoms with E-state index in [2.05, 4.69) is 5.32 Å². The van der Waals surface area contributed by atoms with E-state index in [0.29, 0.717) is 32.5 Å². The Morgan fingerprint density at radius 2 is 2.00 bits per heavy atom. The molecular weight excluding hydrogens is 401 g/mol. The molecule has 144 valence electrons. The molecule has 6 nitrogen and oxygen atoms in total. The number of sulfonamides is 1. The molecule has 0 aromatic heterocycles. The van der Waals surface area contributed by atoms with Crippen molar-refractivity contribution in [2.24, 2.45) is 0 Å². The number of amides is 2. The minimum Gasteiger partial charge on any atom is -0.334 e. The Bertz CT molecular complexity index is 772. The normalized spacial score (nSPS) is 22.2. The predicted octanol–water partition coefficient (Wildman–Crippen LogP) is 2.39. The molecular formula is C16H21ClFN3O3S2. The summed E-state index contributed by atoms with van der Waals surface area (Å²) in [7, 11) is -4.00. The largest absolute Gasteiger partial charge is 0.334 e. The highest BCUT2D eigenvalue weighted by molar-refractivity contribution is 7.99. The first kappa shape index (κ1) is 19.7. The minimum absolute atomic E-state index is 0.128. The van der Waals surface area contributed by atoms with Crippen molar-refractivity contribution in [2.75, 3.05) is 37.7 Å². The standard InChI is InChI=1S/C16H21ClFN3O3S2/c17-13-4-1-5-14(15(13)18)26(23,24)21-6-2-3-12(11-21)19-16(22)20-7-9-25-10-8-20/h1,4-5,12H,2-3,6-11H2,(H,19,22)/t12-/m0/s1. The van der Waals surface area contributed by atoms with E-state index in [-0.39, 0.29) is 23.6 Å². The van der Waals surface area contributed by atoms with Gasteiger partial charge in [0.25, 0.3) is 0 Å². The summed E-state index contributed by atoms with van der Waals surface area (Å²) < 4.78 is 41.0. The van der Waals surface area contributed by atoms with Crippen LogP contribution in [0.2, 0.25) is 5.02 Å². The smallest absolute Gasteiger partial charge is 0.317 e. The lowest BCUT2D eigenvalue weighted by molar-refractivity contribution is 0.190. The maximum absolute atomic E-state index is 14.2. The average Bonchev–Trinajstić information content (AvgIpc) is 2.65. The number of rotatable bonds is 3. The van der Waals surface area contributed by atoms with Gasteiger partial charge in [-0.25, -0.2) is 17.6 Å².